The minimum Gasteiger partial charge on any atom is -0.465 e. The number of hydrogen-bond acceptors (Lipinski definition) is 4. The van der Waals surface area contributed by atoms with Crippen LogP contribution in [0.1, 0.15) is 136 Å². The molecule has 0 bridgehead atoms. The molecule has 1 rings (SSSR count). The average Bonchev–Trinajstić information content (AvgIpc) is 2.79. The molecule has 4 nitrogen and oxygen atoms in total. The van der Waals surface area contributed by atoms with Crippen LogP contribution in [-0.4, -0.2) is 25.2 Å². The third-order valence-corrected chi connectivity index (χ3v) is 6.61. The molecule has 1 aliphatic carbocycles. The molecule has 0 N–H and O–H groups in total. The lowest BCUT2D eigenvalue weighted by molar-refractivity contribution is -0.163. The lowest BCUT2D eigenvalue weighted by Crippen LogP contribution is -2.35. The second-order valence-corrected chi connectivity index (χ2v) is 9.43. The summed E-state index contributed by atoms with van der Waals surface area (Å²) in [5.41, 5.74) is 0. The first kappa shape index (κ1) is 28.0. The van der Waals surface area contributed by atoms with Crippen LogP contribution in [0.4, 0.5) is 0 Å². The number of ether oxygens (including phenoxy) is 2. The van der Waals surface area contributed by atoms with Crippen LogP contribution in [0.2, 0.25) is 0 Å². The zero-order chi connectivity index (χ0) is 22.6. The van der Waals surface area contributed by atoms with E-state index in [0.29, 0.717) is 13.2 Å². The normalized spacial score (nSPS) is 18.6. The number of esters is 2. The van der Waals surface area contributed by atoms with Gasteiger partial charge in [0.05, 0.1) is 25.0 Å². The van der Waals surface area contributed by atoms with E-state index in [-0.39, 0.29) is 23.8 Å². The number of unbranched alkanes of at least 4 members (excludes halogenated alkanes) is 13. The van der Waals surface area contributed by atoms with E-state index >= 15 is 0 Å². The van der Waals surface area contributed by atoms with E-state index in [1.807, 2.05) is 0 Å². The first-order valence-electron chi connectivity index (χ1n) is 13.5. The molecular formula is C27H50O4. The largest absolute Gasteiger partial charge is 0.465 e. The Kier molecular flexibility index (Phi) is 17.7. The maximum atomic E-state index is 12.6. The van der Waals surface area contributed by atoms with E-state index in [1.165, 1.54) is 70.6 Å². The second kappa shape index (κ2) is 19.6. The summed E-state index contributed by atoms with van der Waals surface area (Å²) in [5, 5.41) is 0. The minimum absolute atomic E-state index is 0.180. The Morgan fingerprint density at radius 3 is 1.23 bits per heavy atom. The van der Waals surface area contributed by atoms with E-state index in [9.17, 15) is 9.59 Å². The summed E-state index contributed by atoms with van der Waals surface area (Å²) in [5.74, 6) is -0.964. The van der Waals surface area contributed by atoms with Crippen LogP contribution in [0.3, 0.4) is 0 Å². The summed E-state index contributed by atoms with van der Waals surface area (Å²) in [6.45, 7) is 5.44. The molecule has 0 heterocycles. The Balaban J connectivity index is 2.16. The highest BCUT2D eigenvalue weighted by molar-refractivity contribution is 5.82. The van der Waals surface area contributed by atoms with Crippen molar-refractivity contribution in [2.75, 3.05) is 13.2 Å². The molecule has 0 aromatic rings. The summed E-state index contributed by atoms with van der Waals surface area (Å²) in [6.07, 6.45) is 21.8. The van der Waals surface area contributed by atoms with Crippen molar-refractivity contribution >= 4 is 11.9 Å². The van der Waals surface area contributed by atoms with E-state index in [1.54, 1.807) is 0 Å². The average molecular weight is 439 g/mol. The van der Waals surface area contributed by atoms with Gasteiger partial charge in [-0.15, -0.1) is 0 Å². The predicted octanol–water partition coefficient (Wildman–Crippen LogP) is 7.77. The van der Waals surface area contributed by atoms with Crippen molar-refractivity contribution in [2.45, 2.75) is 136 Å². The minimum atomic E-state index is -0.302. The van der Waals surface area contributed by atoms with Crippen molar-refractivity contribution in [1.29, 1.82) is 0 Å². The molecule has 0 aromatic carbocycles. The Labute approximate surface area is 192 Å². The number of carbonyl (C=O) groups is 2. The summed E-state index contributed by atoms with van der Waals surface area (Å²) in [6, 6.07) is 0. The Hall–Kier alpha value is -1.06. The lowest BCUT2D eigenvalue weighted by Gasteiger charge is -2.28. The molecule has 2 unspecified atom stereocenters. The molecule has 0 saturated heterocycles. The Morgan fingerprint density at radius 1 is 0.548 bits per heavy atom. The smallest absolute Gasteiger partial charge is 0.309 e. The van der Waals surface area contributed by atoms with Crippen LogP contribution >= 0.6 is 0 Å². The van der Waals surface area contributed by atoms with Gasteiger partial charge in [0.1, 0.15) is 0 Å². The molecule has 0 aliphatic heterocycles. The van der Waals surface area contributed by atoms with Gasteiger partial charge in [-0.1, -0.05) is 110 Å². The fourth-order valence-corrected chi connectivity index (χ4v) is 4.55. The zero-order valence-corrected chi connectivity index (χ0v) is 20.6. The molecular weight excluding hydrogens is 388 g/mol. The standard InChI is InChI=1S/C27H50O4/c1-3-5-7-9-11-13-15-19-23-31-27(29)25-21-17-16-20-24(25)26(28)30-22-18-14-12-10-8-6-4-2/h24-25H,3-23H2,1-2H3. The molecule has 2 atom stereocenters. The van der Waals surface area contributed by atoms with Crippen molar-refractivity contribution in [3.63, 3.8) is 0 Å². The topological polar surface area (TPSA) is 52.6 Å². The van der Waals surface area contributed by atoms with E-state index in [4.69, 9.17) is 9.47 Å². The van der Waals surface area contributed by atoms with E-state index in [0.717, 1.165) is 51.4 Å². The maximum Gasteiger partial charge on any atom is 0.309 e. The van der Waals surface area contributed by atoms with Gasteiger partial charge in [-0.2, -0.15) is 0 Å². The van der Waals surface area contributed by atoms with Crippen LogP contribution in [0.25, 0.3) is 0 Å². The Bertz CT molecular complexity index is 449. The highest BCUT2D eigenvalue weighted by Crippen LogP contribution is 2.32. The van der Waals surface area contributed by atoms with Gasteiger partial charge >= 0.3 is 11.9 Å². The lowest BCUT2D eigenvalue weighted by atomic mass is 9.79. The molecule has 31 heavy (non-hydrogen) atoms. The van der Waals surface area contributed by atoms with Crippen LogP contribution in [0, 0.1) is 11.8 Å². The summed E-state index contributed by atoms with van der Waals surface area (Å²) in [4.78, 5) is 25.2. The quantitative estimate of drug-likeness (QED) is 0.153. The van der Waals surface area contributed by atoms with Gasteiger partial charge in [-0.25, -0.2) is 0 Å². The highest BCUT2D eigenvalue weighted by Gasteiger charge is 2.37. The first-order chi connectivity index (χ1) is 15.2. The van der Waals surface area contributed by atoms with Gasteiger partial charge in [0.25, 0.3) is 0 Å². The molecule has 1 saturated carbocycles. The van der Waals surface area contributed by atoms with Crippen LogP contribution < -0.4 is 0 Å². The maximum absolute atomic E-state index is 12.6. The van der Waals surface area contributed by atoms with E-state index < -0.39 is 0 Å². The van der Waals surface area contributed by atoms with Crippen molar-refractivity contribution in [3.05, 3.63) is 0 Å². The SMILES string of the molecule is CCCCCCCCCCOC(=O)C1CCCCC1C(=O)OCCCCCCCCC. The van der Waals surface area contributed by atoms with E-state index in [2.05, 4.69) is 13.8 Å². The van der Waals surface area contributed by atoms with Gasteiger partial charge in [-0.05, 0) is 25.7 Å². The van der Waals surface area contributed by atoms with Crippen molar-refractivity contribution in [1.82, 2.24) is 0 Å². The molecule has 0 aromatic heterocycles. The Morgan fingerprint density at radius 2 is 0.871 bits per heavy atom. The van der Waals surface area contributed by atoms with Crippen LogP contribution in [0.5, 0.6) is 0 Å². The zero-order valence-electron chi connectivity index (χ0n) is 20.6. The van der Waals surface area contributed by atoms with Gasteiger partial charge in [0, 0.05) is 0 Å². The highest BCUT2D eigenvalue weighted by atomic mass is 16.5. The molecule has 0 amide bonds. The first-order valence-corrected chi connectivity index (χ1v) is 13.5. The number of rotatable bonds is 19. The fourth-order valence-electron chi connectivity index (χ4n) is 4.55. The van der Waals surface area contributed by atoms with Crippen molar-refractivity contribution in [2.24, 2.45) is 11.8 Å². The van der Waals surface area contributed by atoms with Gasteiger partial charge in [0.15, 0.2) is 0 Å². The van der Waals surface area contributed by atoms with Crippen LogP contribution in [0.15, 0.2) is 0 Å². The fraction of sp³-hybridized carbons (Fsp3) is 0.926. The van der Waals surface area contributed by atoms with Gasteiger partial charge < -0.3 is 9.47 Å². The number of hydrogen-bond donors (Lipinski definition) is 0. The molecule has 1 fully saturated rings. The third-order valence-electron chi connectivity index (χ3n) is 6.61. The summed E-state index contributed by atoms with van der Waals surface area (Å²) >= 11 is 0. The molecule has 182 valence electrons. The molecule has 0 spiro atoms. The number of carbonyl (C=O) groups excluding carboxylic acids is 2. The monoisotopic (exact) mass is 438 g/mol. The summed E-state index contributed by atoms with van der Waals surface area (Å²) < 4.78 is 11.1. The van der Waals surface area contributed by atoms with Crippen molar-refractivity contribution < 1.29 is 19.1 Å². The predicted molar refractivity (Wildman–Crippen MR) is 128 cm³/mol. The molecule has 1 aliphatic rings. The van der Waals surface area contributed by atoms with Gasteiger partial charge in [-0.3, -0.25) is 9.59 Å². The van der Waals surface area contributed by atoms with Crippen molar-refractivity contribution in [3.8, 4) is 0 Å². The molecule has 4 heteroatoms. The van der Waals surface area contributed by atoms with Gasteiger partial charge in [0.2, 0.25) is 0 Å². The van der Waals surface area contributed by atoms with Crippen LogP contribution in [-0.2, 0) is 19.1 Å². The second-order valence-electron chi connectivity index (χ2n) is 9.43. The molecule has 0 radical (unpaired) electrons. The third kappa shape index (κ3) is 13.9. The summed E-state index contributed by atoms with van der Waals surface area (Å²) in [7, 11) is 0.